The highest BCUT2D eigenvalue weighted by molar-refractivity contribution is 6.09. The number of ketones is 2. The summed E-state index contributed by atoms with van der Waals surface area (Å²) in [7, 11) is 1.63. The number of rotatable bonds is 5. The van der Waals surface area contributed by atoms with E-state index in [0.717, 1.165) is 28.0 Å². The van der Waals surface area contributed by atoms with Crippen LogP contribution in [0.4, 0.5) is 0 Å². The van der Waals surface area contributed by atoms with Crippen LogP contribution in [0, 0.1) is 0 Å². The molecule has 1 heterocycles. The molecule has 2 aromatic carbocycles. The summed E-state index contributed by atoms with van der Waals surface area (Å²) in [6.45, 7) is 2.03. The van der Waals surface area contributed by atoms with Crippen molar-refractivity contribution in [3.63, 3.8) is 0 Å². The maximum atomic E-state index is 12.9. The largest absolute Gasteiger partial charge is 0.497 e. The molecule has 0 aliphatic heterocycles. The van der Waals surface area contributed by atoms with E-state index in [1.807, 2.05) is 49.4 Å². The molecular formula is C24H21NO3. The standard InChI is InChI=1S/C24H21NO3/c1-15(16-4-3-5-19(11-16)28-2)10-23(26)17-6-7-21-20-8-9-25-14-18(20)13-24(27)22(21)12-17/h3-9,11-12,14-15H,10,13H2,1-2H3/t15-/m0/s1. The Kier molecular flexibility index (Phi) is 4.78. The van der Waals surface area contributed by atoms with Crippen LogP contribution in [0.15, 0.2) is 60.9 Å². The van der Waals surface area contributed by atoms with E-state index in [-0.39, 0.29) is 17.5 Å². The van der Waals surface area contributed by atoms with E-state index >= 15 is 0 Å². The number of carbonyl (C=O) groups excluding carboxylic acids is 2. The molecule has 0 saturated heterocycles. The van der Waals surface area contributed by atoms with Crippen molar-refractivity contribution in [2.24, 2.45) is 0 Å². The molecule has 4 rings (SSSR count). The highest BCUT2D eigenvalue weighted by Gasteiger charge is 2.24. The molecule has 4 heteroatoms. The van der Waals surface area contributed by atoms with Crippen LogP contribution in [0.5, 0.6) is 5.75 Å². The maximum absolute atomic E-state index is 12.9. The third-order valence-electron chi connectivity index (χ3n) is 5.34. The predicted molar refractivity (Wildman–Crippen MR) is 108 cm³/mol. The fourth-order valence-corrected chi connectivity index (χ4v) is 3.74. The van der Waals surface area contributed by atoms with Gasteiger partial charge in [0.05, 0.1) is 7.11 Å². The number of ether oxygens (including phenoxy) is 1. The fourth-order valence-electron chi connectivity index (χ4n) is 3.74. The molecule has 0 amide bonds. The topological polar surface area (TPSA) is 56.3 Å². The smallest absolute Gasteiger partial charge is 0.167 e. The number of benzene rings is 2. The molecule has 0 bridgehead atoms. The highest BCUT2D eigenvalue weighted by Crippen LogP contribution is 2.34. The molecule has 0 radical (unpaired) electrons. The number of fused-ring (bicyclic) bond motifs is 3. The quantitative estimate of drug-likeness (QED) is 0.600. The number of pyridine rings is 1. The van der Waals surface area contributed by atoms with Crippen LogP contribution >= 0.6 is 0 Å². The van der Waals surface area contributed by atoms with Gasteiger partial charge in [-0.05, 0) is 52.4 Å². The summed E-state index contributed by atoms with van der Waals surface area (Å²) in [5.74, 6) is 0.905. The molecule has 3 aromatic rings. The van der Waals surface area contributed by atoms with E-state index in [4.69, 9.17) is 4.74 Å². The van der Waals surface area contributed by atoms with Crippen molar-refractivity contribution in [1.29, 1.82) is 0 Å². The lowest BCUT2D eigenvalue weighted by molar-refractivity contribution is 0.0975. The predicted octanol–water partition coefficient (Wildman–Crippen LogP) is 4.87. The SMILES string of the molecule is COc1cccc([C@@H](C)CC(=O)c2ccc3c(c2)C(=O)Cc2cnccc2-3)c1. The molecule has 0 fully saturated rings. The van der Waals surface area contributed by atoms with Gasteiger partial charge in [0.1, 0.15) is 5.75 Å². The monoisotopic (exact) mass is 371 g/mol. The molecule has 1 aliphatic rings. The number of carbonyl (C=O) groups is 2. The molecular weight excluding hydrogens is 350 g/mol. The van der Waals surface area contributed by atoms with Gasteiger partial charge in [0.2, 0.25) is 0 Å². The third-order valence-corrected chi connectivity index (χ3v) is 5.34. The molecule has 0 N–H and O–H groups in total. The van der Waals surface area contributed by atoms with Crippen molar-refractivity contribution in [2.45, 2.75) is 25.7 Å². The molecule has 28 heavy (non-hydrogen) atoms. The van der Waals surface area contributed by atoms with Crippen molar-refractivity contribution in [1.82, 2.24) is 4.98 Å². The minimum atomic E-state index is 0.0333. The lowest BCUT2D eigenvalue weighted by atomic mass is 9.84. The summed E-state index contributed by atoms with van der Waals surface area (Å²) in [4.78, 5) is 29.6. The van der Waals surface area contributed by atoms with E-state index in [2.05, 4.69) is 4.98 Å². The highest BCUT2D eigenvalue weighted by atomic mass is 16.5. The molecule has 0 unspecified atom stereocenters. The second-order valence-electron chi connectivity index (χ2n) is 7.20. The zero-order valence-corrected chi connectivity index (χ0v) is 15.9. The van der Waals surface area contributed by atoms with Gasteiger partial charge >= 0.3 is 0 Å². The minimum absolute atomic E-state index is 0.0333. The first-order valence-electron chi connectivity index (χ1n) is 9.34. The first kappa shape index (κ1) is 18.1. The van der Waals surface area contributed by atoms with Crippen LogP contribution in [0.1, 0.15) is 51.1 Å². The van der Waals surface area contributed by atoms with Crippen LogP contribution in [0.2, 0.25) is 0 Å². The summed E-state index contributed by atoms with van der Waals surface area (Å²) in [5.41, 5.74) is 5.10. The minimum Gasteiger partial charge on any atom is -0.497 e. The van der Waals surface area contributed by atoms with Crippen LogP contribution in [0.3, 0.4) is 0 Å². The first-order valence-corrected chi connectivity index (χ1v) is 9.34. The zero-order valence-electron chi connectivity index (χ0n) is 15.9. The van der Waals surface area contributed by atoms with E-state index in [1.54, 1.807) is 25.6 Å². The van der Waals surface area contributed by atoms with Crippen LogP contribution in [-0.4, -0.2) is 23.7 Å². The third kappa shape index (κ3) is 3.33. The second kappa shape index (κ2) is 7.39. The van der Waals surface area contributed by atoms with Crippen LogP contribution in [-0.2, 0) is 6.42 Å². The summed E-state index contributed by atoms with van der Waals surface area (Å²) in [6.07, 6.45) is 4.17. The van der Waals surface area contributed by atoms with Crippen molar-refractivity contribution in [3.8, 4) is 16.9 Å². The Morgan fingerprint density at radius 1 is 1.11 bits per heavy atom. The first-order chi connectivity index (χ1) is 13.6. The van der Waals surface area contributed by atoms with Gasteiger partial charge in [-0.1, -0.05) is 31.2 Å². The van der Waals surface area contributed by atoms with Crippen LogP contribution < -0.4 is 4.74 Å². The molecule has 0 saturated carbocycles. The zero-order chi connectivity index (χ0) is 19.7. The molecule has 1 aromatic heterocycles. The average molecular weight is 371 g/mol. The Bertz CT molecular complexity index is 1070. The van der Waals surface area contributed by atoms with E-state index in [1.165, 1.54) is 0 Å². The van der Waals surface area contributed by atoms with E-state index in [9.17, 15) is 9.59 Å². The van der Waals surface area contributed by atoms with Crippen molar-refractivity contribution >= 4 is 11.6 Å². The summed E-state index contributed by atoms with van der Waals surface area (Å²) >= 11 is 0. The average Bonchev–Trinajstić information content (AvgIpc) is 2.73. The number of aromatic nitrogens is 1. The van der Waals surface area contributed by atoms with Gasteiger partial charge in [-0.25, -0.2) is 0 Å². The molecule has 4 nitrogen and oxygen atoms in total. The molecule has 0 spiro atoms. The van der Waals surface area contributed by atoms with Gasteiger partial charge < -0.3 is 4.74 Å². The second-order valence-corrected chi connectivity index (χ2v) is 7.20. The Morgan fingerprint density at radius 3 is 2.79 bits per heavy atom. The number of Topliss-reactive ketones (excluding diaryl/α,β-unsaturated/α-hetero) is 2. The van der Waals surface area contributed by atoms with Gasteiger partial charge in [-0.2, -0.15) is 0 Å². The van der Waals surface area contributed by atoms with Crippen molar-refractivity contribution < 1.29 is 14.3 Å². The number of hydrogen-bond acceptors (Lipinski definition) is 4. The maximum Gasteiger partial charge on any atom is 0.167 e. The lowest BCUT2D eigenvalue weighted by Crippen LogP contribution is -2.14. The molecule has 140 valence electrons. The van der Waals surface area contributed by atoms with Crippen molar-refractivity contribution in [2.75, 3.05) is 7.11 Å². The van der Waals surface area contributed by atoms with E-state index < -0.39 is 0 Å². The van der Waals surface area contributed by atoms with Gasteiger partial charge in [-0.15, -0.1) is 0 Å². The number of methoxy groups -OCH3 is 1. The molecule has 1 aliphatic carbocycles. The van der Waals surface area contributed by atoms with Gasteiger partial charge in [0, 0.05) is 36.4 Å². The lowest BCUT2D eigenvalue weighted by Gasteiger charge is -2.19. The van der Waals surface area contributed by atoms with Crippen molar-refractivity contribution in [3.05, 3.63) is 83.2 Å². The number of hydrogen-bond donors (Lipinski definition) is 0. The van der Waals surface area contributed by atoms with Gasteiger partial charge in [-0.3, -0.25) is 14.6 Å². The normalized spacial score (nSPS) is 13.4. The van der Waals surface area contributed by atoms with Gasteiger partial charge in [0.25, 0.3) is 0 Å². The van der Waals surface area contributed by atoms with E-state index in [0.29, 0.717) is 24.0 Å². The Balaban J connectivity index is 1.59. The van der Waals surface area contributed by atoms with Crippen LogP contribution in [0.25, 0.3) is 11.1 Å². The Labute approximate surface area is 164 Å². The summed E-state index contributed by atoms with van der Waals surface area (Å²) in [6, 6.07) is 15.2. The van der Waals surface area contributed by atoms with Gasteiger partial charge in [0.15, 0.2) is 11.6 Å². The summed E-state index contributed by atoms with van der Waals surface area (Å²) in [5, 5.41) is 0. The molecule has 1 atom stereocenters. The number of nitrogens with zero attached hydrogens (tertiary/aromatic N) is 1. The fraction of sp³-hybridized carbons (Fsp3) is 0.208. The summed E-state index contributed by atoms with van der Waals surface area (Å²) < 4.78 is 5.27. The Hall–Kier alpha value is -3.27. The Morgan fingerprint density at radius 2 is 1.96 bits per heavy atom.